The third kappa shape index (κ3) is 5.29. The van der Waals surface area contributed by atoms with Gasteiger partial charge < -0.3 is 14.5 Å². The maximum Gasteiger partial charge on any atom is 0.410 e. The first-order valence-corrected chi connectivity index (χ1v) is 14.5. The smallest absolute Gasteiger partial charge is 0.410 e. The summed E-state index contributed by atoms with van der Waals surface area (Å²) in [4.78, 5) is 20.8. The maximum absolute atomic E-state index is 13.8. The highest BCUT2D eigenvalue weighted by Crippen LogP contribution is 2.37. The van der Waals surface area contributed by atoms with Crippen molar-refractivity contribution in [1.29, 1.82) is 0 Å². The van der Waals surface area contributed by atoms with Crippen molar-refractivity contribution in [1.82, 2.24) is 9.88 Å². The lowest BCUT2D eigenvalue weighted by molar-refractivity contribution is 0.0240. The van der Waals surface area contributed by atoms with E-state index in [9.17, 15) is 13.2 Å². The molecule has 0 unspecified atom stereocenters. The maximum atomic E-state index is 13.8. The molecule has 1 saturated heterocycles. The van der Waals surface area contributed by atoms with Gasteiger partial charge in [-0.25, -0.2) is 18.2 Å². The average Bonchev–Trinajstić information content (AvgIpc) is 3.29. The van der Waals surface area contributed by atoms with Crippen LogP contribution in [0.5, 0.6) is 0 Å². The van der Waals surface area contributed by atoms with Gasteiger partial charge in [0.25, 0.3) is 10.0 Å². The lowest BCUT2D eigenvalue weighted by Gasteiger charge is -2.36. The Morgan fingerprint density at radius 1 is 1.11 bits per heavy atom. The SMILES string of the molecule is CCc1ccccc1N(CC)S(=O)(=O)c1cc2c(N3CCN(C(=O)OC(C)(C)C)CC3)nccc2s1. The highest BCUT2D eigenvalue weighted by atomic mass is 32.2. The summed E-state index contributed by atoms with van der Waals surface area (Å²) in [7, 11) is -3.75. The first-order chi connectivity index (χ1) is 17.0. The van der Waals surface area contributed by atoms with Crippen LogP contribution in [0.15, 0.2) is 46.8 Å². The molecule has 0 bridgehead atoms. The normalized spacial score (nSPS) is 14.8. The molecule has 10 heteroatoms. The number of carbonyl (C=O) groups is 1. The minimum Gasteiger partial charge on any atom is -0.444 e. The summed E-state index contributed by atoms with van der Waals surface area (Å²) >= 11 is 1.27. The predicted molar refractivity (Wildman–Crippen MR) is 146 cm³/mol. The number of amides is 1. The molecule has 1 aromatic carbocycles. The van der Waals surface area contributed by atoms with Crippen molar-refractivity contribution in [2.45, 2.75) is 50.8 Å². The largest absolute Gasteiger partial charge is 0.444 e. The molecule has 8 nitrogen and oxygen atoms in total. The number of carbonyl (C=O) groups excluding carboxylic acids is 1. The standard InChI is InChI=1S/C26H34N4O4S2/c1-6-19-10-8-9-11-21(19)30(7-2)36(32,33)23-18-20-22(35-23)12-13-27-24(20)28-14-16-29(17-15-28)25(31)34-26(3,4)5/h8-13,18H,6-7,14-17H2,1-5H3. The molecule has 4 rings (SSSR count). The Balaban J connectivity index is 1.60. The summed E-state index contributed by atoms with van der Waals surface area (Å²) in [5.74, 6) is 0.742. The molecule has 194 valence electrons. The van der Waals surface area contributed by atoms with Gasteiger partial charge in [-0.15, -0.1) is 11.3 Å². The molecule has 0 saturated carbocycles. The number of aryl methyl sites for hydroxylation is 1. The number of anilines is 2. The van der Waals surface area contributed by atoms with Crippen LogP contribution < -0.4 is 9.21 Å². The van der Waals surface area contributed by atoms with Crippen LogP contribution in [0.1, 0.15) is 40.2 Å². The van der Waals surface area contributed by atoms with Crippen molar-refractivity contribution in [2.75, 3.05) is 41.9 Å². The molecule has 36 heavy (non-hydrogen) atoms. The molecule has 3 heterocycles. The minimum absolute atomic E-state index is 0.298. The van der Waals surface area contributed by atoms with E-state index < -0.39 is 15.6 Å². The second-order valence-corrected chi connectivity index (χ2v) is 12.9. The van der Waals surface area contributed by atoms with Crippen LogP contribution in [-0.2, 0) is 21.2 Å². The molecular weight excluding hydrogens is 496 g/mol. The van der Waals surface area contributed by atoms with E-state index >= 15 is 0 Å². The number of benzene rings is 1. The molecular formula is C26H34N4O4S2. The number of hydrogen-bond acceptors (Lipinski definition) is 7. The van der Waals surface area contributed by atoms with Crippen molar-refractivity contribution in [2.24, 2.45) is 0 Å². The van der Waals surface area contributed by atoms with Gasteiger partial charge in [-0.05, 0) is 57.9 Å². The number of para-hydroxylation sites is 1. The molecule has 0 atom stereocenters. The van der Waals surface area contributed by atoms with Gasteiger partial charge in [-0.1, -0.05) is 25.1 Å². The monoisotopic (exact) mass is 530 g/mol. The van der Waals surface area contributed by atoms with E-state index in [0.717, 1.165) is 33.6 Å². The predicted octanol–water partition coefficient (Wildman–Crippen LogP) is 5.13. The highest BCUT2D eigenvalue weighted by Gasteiger charge is 2.30. The van der Waals surface area contributed by atoms with E-state index in [0.29, 0.717) is 36.9 Å². The number of piperazine rings is 1. The van der Waals surface area contributed by atoms with Crippen LogP contribution in [0.25, 0.3) is 10.1 Å². The Labute approximate surface area is 217 Å². The summed E-state index contributed by atoms with van der Waals surface area (Å²) in [6, 6.07) is 11.2. The Bertz CT molecular complexity index is 1340. The topological polar surface area (TPSA) is 83.1 Å². The van der Waals surface area contributed by atoms with Crippen LogP contribution in [0, 0.1) is 0 Å². The number of aromatic nitrogens is 1. The van der Waals surface area contributed by atoms with Gasteiger partial charge in [0.15, 0.2) is 0 Å². The van der Waals surface area contributed by atoms with E-state index in [-0.39, 0.29) is 6.09 Å². The lowest BCUT2D eigenvalue weighted by Crippen LogP contribution is -2.50. The Kier molecular flexibility index (Phi) is 7.47. The van der Waals surface area contributed by atoms with E-state index in [1.165, 1.54) is 15.6 Å². The molecule has 0 N–H and O–H groups in total. The van der Waals surface area contributed by atoms with Gasteiger partial charge in [-0.2, -0.15) is 0 Å². The fourth-order valence-corrected chi connectivity index (χ4v) is 7.37. The Morgan fingerprint density at radius 3 is 2.44 bits per heavy atom. The van der Waals surface area contributed by atoms with Gasteiger partial charge in [0.2, 0.25) is 0 Å². The van der Waals surface area contributed by atoms with Crippen LogP contribution >= 0.6 is 11.3 Å². The fourth-order valence-electron chi connectivity index (χ4n) is 4.36. The first-order valence-electron chi connectivity index (χ1n) is 12.3. The molecule has 1 fully saturated rings. The number of thiophene rings is 1. The molecule has 1 aliphatic heterocycles. The van der Waals surface area contributed by atoms with Gasteiger partial charge in [0.05, 0.1) is 5.69 Å². The molecule has 0 spiro atoms. The summed E-state index contributed by atoms with van der Waals surface area (Å²) in [6.07, 6.45) is 2.15. The highest BCUT2D eigenvalue weighted by molar-refractivity contribution is 7.95. The van der Waals surface area contributed by atoms with Crippen molar-refractivity contribution < 1.29 is 17.9 Å². The fraction of sp³-hybridized carbons (Fsp3) is 0.462. The molecule has 3 aromatic rings. The van der Waals surface area contributed by atoms with Crippen molar-refractivity contribution in [3.05, 3.63) is 48.2 Å². The van der Waals surface area contributed by atoms with Gasteiger partial charge >= 0.3 is 6.09 Å². The molecule has 2 aromatic heterocycles. The van der Waals surface area contributed by atoms with E-state index in [2.05, 4.69) is 9.88 Å². The quantitative estimate of drug-likeness (QED) is 0.439. The van der Waals surface area contributed by atoms with E-state index in [1.54, 1.807) is 17.2 Å². The summed E-state index contributed by atoms with van der Waals surface area (Å²) in [5.41, 5.74) is 1.18. The third-order valence-corrected chi connectivity index (χ3v) is 9.54. The zero-order chi connectivity index (χ0) is 26.1. The van der Waals surface area contributed by atoms with E-state index in [4.69, 9.17) is 4.74 Å². The zero-order valence-electron chi connectivity index (χ0n) is 21.5. The second-order valence-electron chi connectivity index (χ2n) is 9.72. The third-order valence-electron chi connectivity index (χ3n) is 6.11. The van der Waals surface area contributed by atoms with Crippen LogP contribution in [0.4, 0.5) is 16.3 Å². The number of fused-ring (bicyclic) bond motifs is 1. The van der Waals surface area contributed by atoms with Crippen LogP contribution in [0.3, 0.4) is 0 Å². The number of ether oxygens (including phenoxy) is 1. The zero-order valence-corrected chi connectivity index (χ0v) is 23.2. The molecule has 0 aliphatic carbocycles. The van der Waals surface area contributed by atoms with Crippen molar-refractivity contribution in [3.63, 3.8) is 0 Å². The average molecular weight is 531 g/mol. The van der Waals surface area contributed by atoms with Gasteiger partial charge in [0, 0.05) is 49.0 Å². The Hall–Kier alpha value is -2.85. The number of rotatable bonds is 6. The van der Waals surface area contributed by atoms with Gasteiger partial charge in [0.1, 0.15) is 15.6 Å². The molecule has 1 aliphatic rings. The van der Waals surface area contributed by atoms with Crippen LogP contribution in [0.2, 0.25) is 0 Å². The Morgan fingerprint density at radius 2 is 1.81 bits per heavy atom. The number of nitrogens with zero attached hydrogens (tertiary/aromatic N) is 4. The first kappa shape index (κ1) is 26.2. The van der Waals surface area contributed by atoms with Crippen molar-refractivity contribution >= 4 is 49.0 Å². The van der Waals surface area contributed by atoms with Crippen LogP contribution in [-0.4, -0.2) is 62.7 Å². The van der Waals surface area contributed by atoms with E-state index in [1.807, 2.05) is 65.0 Å². The number of sulfonamides is 1. The second kappa shape index (κ2) is 10.3. The lowest BCUT2D eigenvalue weighted by atomic mass is 10.1. The molecule has 1 amide bonds. The minimum atomic E-state index is -3.75. The summed E-state index contributed by atoms with van der Waals surface area (Å²) < 4.78 is 35.7. The summed E-state index contributed by atoms with van der Waals surface area (Å²) in [5, 5.41) is 0.812. The summed E-state index contributed by atoms with van der Waals surface area (Å²) in [6.45, 7) is 12.0. The number of pyridine rings is 1. The molecule has 0 radical (unpaired) electrons. The van der Waals surface area contributed by atoms with Gasteiger partial charge in [-0.3, -0.25) is 4.31 Å². The number of hydrogen-bond donors (Lipinski definition) is 0. The van der Waals surface area contributed by atoms with Crippen molar-refractivity contribution in [3.8, 4) is 0 Å².